The molecule has 1 unspecified atom stereocenters. The number of nitriles is 1. The van der Waals surface area contributed by atoms with Crippen LogP contribution in [-0.2, 0) is 0 Å². The molecule has 1 rings (SSSR count). The molecule has 0 saturated carbocycles. The van der Waals surface area contributed by atoms with Crippen LogP contribution in [0.4, 0.5) is 5.69 Å². The molecule has 0 heterocycles. The van der Waals surface area contributed by atoms with Crippen molar-refractivity contribution in [1.29, 1.82) is 5.26 Å². The van der Waals surface area contributed by atoms with Gasteiger partial charge in [0.1, 0.15) is 6.07 Å². The highest BCUT2D eigenvalue weighted by atomic mass is 79.9. The van der Waals surface area contributed by atoms with Crippen LogP contribution in [0.5, 0.6) is 0 Å². The second-order valence-electron chi connectivity index (χ2n) is 3.84. The number of aliphatic hydroxyl groups is 1. The van der Waals surface area contributed by atoms with E-state index in [1.54, 1.807) is 13.0 Å². The molecular formula is C12H15BrN2O. The van der Waals surface area contributed by atoms with Gasteiger partial charge in [-0.3, -0.25) is 0 Å². The van der Waals surface area contributed by atoms with Gasteiger partial charge in [-0.1, -0.05) is 0 Å². The summed E-state index contributed by atoms with van der Waals surface area (Å²) < 4.78 is 0.802. The monoisotopic (exact) mass is 282 g/mol. The van der Waals surface area contributed by atoms with Gasteiger partial charge in [-0.05, 0) is 47.5 Å². The molecule has 0 amide bonds. The molecule has 16 heavy (non-hydrogen) atoms. The average molecular weight is 283 g/mol. The molecule has 4 heteroatoms. The first-order valence-corrected chi connectivity index (χ1v) is 5.92. The third-order valence-electron chi connectivity index (χ3n) is 2.40. The molecule has 1 N–H and O–H groups in total. The van der Waals surface area contributed by atoms with Crippen molar-refractivity contribution in [3.8, 4) is 6.07 Å². The van der Waals surface area contributed by atoms with Gasteiger partial charge in [0.05, 0.1) is 11.7 Å². The summed E-state index contributed by atoms with van der Waals surface area (Å²) in [5.41, 5.74) is 1.67. The van der Waals surface area contributed by atoms with Gasteiger partial charge in [0.25, 0.3) is 0 Å². The average Bonchev–Trinajstić information content (AvgIpc) is 2.25. The zero-order valence-corrected chi connectivity index (χ0v) is 11.0. The van der Waals surface area contributed by atoms with Gasteiger partial charge in [0.15, 0.2) is 0 Å². The summed E-state index contributed by atoms with van der Waals surface area (Å²) in [5, 5.41) is 18.0. The van der Waals surface area contributed by atoms with Gasteiger partial charge in [-0.2, -0.15) is 5.26 Å². The lowest BCUT2D eigenvalue weighted by molar-refractivity contribution is 0.187. The highest BCUT2D eigenvalue weighted by Gasteiger charge is 2.05. The maximum atomic E-state index is 9.21. The highest BCUT2D eigenvalue weighted by molar-refractivity contribution is 9.10. The third kappa shape index (κ3) is 3.51. The van der Waals surface area contributed by atoms with Crippen LogP contribution < -0.4 is 4.90 Å². The Morgan fingerprint density at radius 1 is 1.56 bits per heavy atom. The molecule has 0 radical (unpaired) electrons. The summed E-state index contributed by atoms with van der Waals surface area (Å²) >= 11 is 3.36. The fourth-order valence-electron chi connectivity index (χ4n) is 1.34. The Morgan fingerprint density at radius 3 is 2.75 bits per heavy atom. The first-order valence-electron chi connectivity index (χ1n) is 5.13. The van der Waals surface area contributed by atoms with Crippen LogP contribution in [0.1, 0.15) is 18.9 Å². The normalized spacial score (nSPS) is 11.9. The number of hydrogen-bond acceptors (Lipinski definition) is 3. The van der Waals surface area contributed by atoms with E-state index in [2.05, 4.69) is 26.9 Å². The fraction of sp³-hybridized carbons (Fsp3) is 0.417. The molecule has 0 aromatic heterocycles. The van der Waals surface area contributed by atoms with Crippen molar-refractivity contribution in [3.63, 3.8) is 0 Å². The quantitative estimate of drug-likeness (QED) is 0.923. The summed E-state index contributed by atoms with van der Waals surface area (Å²) in [4.78, 5) is 2.05. The minimum absolute atomic E-state index is 0.288. The van der Waals surface area contributed by atoms with Gasteiger partial charge < -0.3 is 10.0 Å². The second kappa shape index (κ2) is 5.88. The van der Waals surface area contributed by atoms with Crippen LogP contribution in [0.2, 0.25) is 0 Å². The fourth-order valence-corrected chi connectivity index (χ4v) is 1.80. The maximum absolute atomic E-state index is 9.21. The van der Waals surface area contributed by atoms with Crippen LogP contribution in [0.15, 0.2) is 22.7 Å². The van der Waals surface area contributed by atoms with Gasteiger partial charge >= 0.3 is 0 Å². The van der Waals surface area contributed by atoms with Crippen molar-refractivity contribution in [2.24, 2.45) is 0 Å². The highest BCUT2D eigenvalue weighted by Crippen LogP contribution is 2.23. The predicted molar refractivity (Wildman–Crippen MR) is 68.4 cm³/mol. The lowest BCUT2D eigenvalue weighted by atomic mass is 10.2. The number of nitrogens with zero attached hydrogens (tertiary/aromatic N) is 2. The van der Waals surface area contributed by atoms with E-state index in [-0.39, 0.29) is 6.10 Å². The lowest BCUT2D eigenvalue weighted by Gasteiger charge is -2.20. The van der Waals surface area contributed by atoms with E-state index in [9.17, 15) is 5.11 Å². The maximum Gasteiger partial charge on any atom is 0.100 e. The van der Waals surface area contributed by atoms with E-state index < -0.39 is 0 Å². The van der Waals surface area contributed by atoms with Crippen molar-refractivity contribution in [3.05, 3.63) is 28.2 Å². The molecule has 0 saturated heterocycles. The van der Waals surface area contributed by atoms with Crippen LogP contribution in [-0.4, -0.2) is 24.8 Å². The van der Waals surface area contributed by atoms with Gasteiger partial charge in [0.2, 0.25) is 0 Å². The minimum atomic E-state index is -0.288. The lowest BCUT2D eigenvalue weighted by Crippen LogP contribution is -2.21. The number of aliphatic hydroxyl groups excluding tert-OH is 1. The topological polar surface area (TPSA) is 47.3 Å². The number of hydrogen-bond donors (Lipinski definition) is 1. The first kappa shape index (κ1) is 13.0. The van der Waals surface area contributed by atoms with Crippen molar-refractivity contribution in [2.75, 3.05) is 18.5 Å². The largest absolute Gasteiger partial charge is 0.393 e. The Bertz CT molecular complexity index is 398. The molecule has 0 aliphatic carbocycles. The SMILES string of the molecule is CC(O)CCN(C)c1ccc(C#N)c(Br)c1. The minimum Gasteiger partial charge on any atom is -0.393 e. The number of benzene rings is 1. The number of halogens is 1. The zero-order chi connectivity index (χ0) is 12.1. The van der Waals surface area contributed by atoms with Crippen LogP contribution in [0, 0.1) is 11.3 Å². The van der Waals surface area contributed by atoms with Gasteiger partial charge in [0, 0.05) is 23.8 Å². The van der Waals surface area contributed by atoms with Crippen molar-refractivity contribution in [2.45, 2.75) is 19.4 Å². The molecular weight excluding hydrogens is 268 g/mol. The Morgan fingerprint density at radius 2 is 2.25 bits per heavy atom. The van der Waals surface area contributed by atoms with E-state index in [4.69, 9.17) is 5.26 Å². The van der Waals surface area contributed by atoms with E-state index in [1.165, 1.54) is 0 Å². The molecule has 0 aliphatic heterocycles. The van der Waals surface area contributed by atoms with Crippen LogP contribution in [0.25, 0.3) is 0 Å². The summed E-state index contributed by atoms with van der Waals surface area (Å²) in [7, 11) is 1.97. The summed E-state index contributed by atoms with van der Waals surface area (Å²) in [6, 6.07) is 7.72. The number of rotatable bonds is 4. The zero-order valence-electron chi connectivity index (χ0n) is 9.44. The van der Waals surface area contributed by atoms with E-state index in [0.717, 1.165) is 23.1 Å². The Labute approximate surface area is 104 Å². The molecule has 1 atom stereocenters. The standard InChI is InChI=1S/C12H15BrN2O/c1-9(16)5-6-15(2)11-4-3-10(8-14)12(13)7-11/h3-4,7,9,16H,5-6H2,1-2H3. The van der Waals surface area contributed by atoms with Crippen molar-refractivity contribution in [1.82, 2.24) is 0 Å². The number of anilines is 1. The van der Waals surface area contributed by atoms with E-state index >= 15 is 0 Å². The van der Waals surface area contributed by atoms with Crippen LogP contribution in [0.3, 0.4) is 0 Å². The molecule has 0 aliphatic rings. The van der Waals surface area contributed by atoms with Crippen molar-refractivity contribution >= 4 is 21.6 Å². The van der Waals surface area contributed by atoms with E-state index in [0.29, 0.717) is 5.56 Å². The Balaban J connectivity index is 2.74. The Kier molecular flexibility index (Phi) is 4.78. The Hall–Kier alpha value is -1.05. The molecule has 0 fully saturated rings. The van der Waals surface area contributed by atoms with Crippen LogP contribution >= 0.6 is 15.9 Å². The van der Waals surface area contributed by atoms with Gasteiger partial charge in [-0.25, -0.2) is 0 Å². The smallest absolute Gasteiger partial charge is 0.100 e. The first-order chi connectivity index (χ1) is 7.54. The molecule has 3 nitrogen and oxygen atoms in total. The van der Waals surface area contributed by atoms with Crippen molar-refractivity contribution < 1.29 is 5.11 Å². The van der Waals surface area contributed by atoms with Gasteiger partial charge in [-0.15, -0.1) is 0 Å². The molecule has 0 spiro atoms. The van der Waals surface area contributed by atoms with E-state index in [1.807, 2.05) is 19.2 Å². The summed E-state index contributed by atoms with van der Waals surface area (Å²) in [6.07, 6.45) is 0.443. The third-order valence-corrected chi connectivity index (χ3v) is 3.05. The summed E-state index contributed by atoms with van der Waals surface area (Å²) in [6.45, 7) is 2.57. The second-order valence-corrected chi connectivity index (χ2v) is 4.69. The summed E-state index contributed by atoms with van der Waals surface area (Å²) in [5.74, 6) is 0. The molecule has 1 aromatic rings. The molecule has 86 valence electrons. The molecule has 0 bridgehead atoms. The molecule has 1 aromatic carbocycles. The predicted octanol–water partition coefficient (Wildman–Crippen LogP) is 2.53.